The van der Waals surface area contributed by atoms with E-state index in [4.69, 9.17) is 10.5 Å². The molecule has 0 aliphatic rings. The number of aromatic nitrogens is 2. The number of fused-ring (bicyclic) bond motifs is 1. The number of nitrogens with two attached hydrogens (primary N) is 1. The molecule has 0 saturated heterocycles. The smallest absolute Gasteiger partial charge is 0.416 e. The summed E-state index contributed by atoms with van der Waals surface area (Å²) >= 11 is 0. The molecule has 0 unspecified atom stereocenters. The minimum atomic E-state index is -4.70. The zero-order valence-corrected chi connectivity index (χ0v) is 18.0. The van der Waals surface area contributed by atoms with Crippen LogP contribution in [0, 0.1) is 5.82 Å². The molecule has 3 amide bonds. The molecule has 2 aromatic carbocycles. The molecule has 0 fully saturated rings. The average Bonchev–Trinajstić information content (AvgIpc) is 3.19. The number of halogens is 4. The number of amides is 3. The predicted octanol–water partition coefficient (Wildman–Crippen LogP) is 5.14. The standard InChI is InChI=1S/C23H17F4N5O3/c1-35-13-4-5-14-16(9-13)30-20(21(28)33)19(14)11-2-7-18(29-10-11)32-22(34)31-17-8-12(23(25,26)27)3-6-15(17)24/h2-10,30H,1H3,(H2,28,33)(H2,29,31,32,34). The molecule has 0 radical (unpaired) electrons. The van der Waals surface area contributed by atoms with Crippen molar-refractivity contribution in [1.29, 1.82) is 0 Å². The number of pyridine rings is 1. The number of carbonyl (C=O) groups is 2. The highest BCUT2D eigenvalue weighted by Gasteiger charge is 2.31. The van der Waals surface area contributed by atoms with Gasteiger partial charge in [0.05, 0.1) is 23.9 Å². The van der Waals surface area contributed by atoms with Gasteiger partial charge in [-0.25, -0.2) is 14.2 Å². The van der Waals surface area contributed by atoms with Crippen LogP contribution in [0.2, 0.25) is 0 Å². The van der Waals surface area contributed by atoms with Crippen LogP contribution in [-0.4, -0.2) is 29.0 Å². The second-order valence-corrected chi connectivity index (χ2v) is 7.35. The van der Waals surface area contributed by atoms with Crippen LogP contribution >= 0.6 is 0 Å². The Morgan fingerprint density at radius 3 is 2.46 bits per heavy atom. The molecular weight excluding hydrogens is 470 g/mol. The number of hydrogen-bond acceptors (Lipinski definition) is 4. The van der Waals surface area contributed by atoms with Crippen LogP contribution in [-0.2, 0) is 6.18 Å². The number of methoxy groups -OCH3 is 1. The van der Waals surface area contributed by atoms with Gasteiger partial charge in [0.25, 0.3) is 5.91 Å². The van der Waals surface area contributed by atoms with Crippen molar-refractivity contribution in [3.05, 3.63) is 71.8 Å². The number of rotatable bonds is 5. The maximum absolute atomic E-state index is 13.9. The van der Waals surface area contributed by atoms with Crippen LogP contribution in [0.3, 0.4) is 0 Å². The number of aromatic amines is 1. The number of anilines is 2. The van der Waals surface area contributed by atoms with Crippen LogP contribution in [0.1, 0.15) is 16.1 Å². The Hall–Kier alpha value is -4.61. The Morgan fingerprint density at radius 2 is 1.83 bits per heavy atom. The minimum absolute atomic E-state index is 0.0285. The zero-order chi connectivity index (χ0) is 25.3. The summed E-state index contributed by atoms with van der Waals surface area (Å²) in [7, 11) is 1.51. The average molecular weight is 487 g/mol. The molecule has 4 rings (SSSR count). The Kier molecular flexibility index (Phi) is 6.03. The normalized spacial score (nSPS) is 11.3. The summed E-state index contributed by atoms with van der Waals surface area (Å²) in [5.74, 6) is -1.13. The third-order valence-electron chi connectivity index (χ3n) is 5.09. The molecule has 12 heteroatoms. The molecule has 0 bridgehead atoms. The van der Waals surface area contributed by atoms with Gasteiger partial charge in [-0.2, -0.15) is 13.2 Å². The predicted molar refractivity (Wildman–Crippen MR) is 121 cm³/mol. The number of carbonyl (C=O) groups excluding carboxylic acids is 2. The summed E-state index contributed by atoms with van der Waals surface area (Å²) in [4.78, 5) is 31.2. The van der Waals surface area contributed by atoms with Gasteiger partial charge in [0.2, 0.25) is 0 Å². The quantitative estimate of drug-likeness (QED) is 0.291. The SMILES string of the molecule is COc1ccc2c(-c3ccc(NC(=O)Nc4cc(C(F)(F)F)ccc4F)nc3)c(C(N)=O)[nH]c2c1. The molecule has 5 N–H and O–H groups in total. The van der Waals surface area contributed by atoms with Gasteiger partial charge in [-0.05, 0) is 42.5 Å². The van der Waals surface area contributed by atoms with E-state index in [9.17, 15) is 27.2 Å². The largest absolute Gasteiger partial charge is 0.497 e. The molecule has 8 nitrogen and oxygen atoms in total. The summed E-state index contributed by atoms with van der Waals surface area (Å²) in [5.41, 5.74) is 5.51. The van der Waals surface area contributed by atoms with Crippen molar-refractivity contribution < 1.29 is 31.9 Å². The van der Waals surface area contributed by atoms with E-state index in [-0.39, 0.29) is 11.5 Å². The van der Waals surface area contributed by atoms with E-state index in [0.29, 0.717) is 46.0 Å². The van der Waals surface area contributed by atoms with E-state index in [0.717, 1.165) is 0 Å². The first-order chi connectivity index (χ1) is 16.6. The van der Waals surface area contributed by atoms with E-state index >= 15 is 0 Å². The van der Waals surface area contributed by atoms with E-state index in [2.05, 4.69) is 15.3 Å². The monoisotopic (exact) mass is 487 g/mol. The molecule has 0 spiro atoms. The van der Waals surface area contributed by atoms with E-state index < -0.39 is 35.2 Å². The maximum atomic E-state index is 13.9. The first kappa shape index (κ1) is 23.5. The highest BCUT2D eigenvalue weighted by atomic mass is 19.4. The fraction of sp³-hybridized carbons (Fsp3) is 0.0870. The highest BCUT2D eigenvalue weighted by Crippen LogP contribution is 2.34. The van der Waals surface area contributed by atoms with Crippen LogP contribution in [0.5, 0.6) is 5.75 Å². The minimum Gasteiger partial charge on any atom is -0.497 e. The Bertz CT molecular complexity index is 1430. The summed E-state index contributed by atoms with van der Waals surface area (Å²) in [6, 6.07) is 8.80. The van der Waals surface area contributed by atoms with Crippen LogP contribution in [0.25, 0.3) is 22.0 Å². The number of primary amides is 1. The van der Waals surface area contributed by atoms with Gasteiger partial charge in [-0.15, -0.1) is 0 Å². The Balaban J connectivity index is 1.57. The summed E-state index contributed by atoms with van der Waals surface area (Å²) in [6.07, 6.45) is -3.32. The summed E-state index contributed by atoms with van der Waals surface area (Å²) in [5, 5.41) is 5.02. The summed E-state index contributed by atoms with van der Waals surface area (Å²) < 4.78 is 57.6. The highest BCUT2D eigenvalue weighted by molar-refractivity contribution is 6.09. The number of nitrogens with one attached hydrogen (secondary N) is 3. The van der Waals surface area contributed by atoms with Gasteiger partial charge in [-0.1, -0.05) is 0 Å². The molecule has 180 valence electrons. The van der Waals surface area contributed by atoms with E-state index in [1.165, 1.54) is 19.4 Å². The summed E-state index contributed by atoms with van der Waals surface area (Å²) in [6.45, 7) is 0. The Labute approximate surface area is 195 Å². The topological polar surface area (TPSA) is 122 Å². The second-order valence-electron chi connectivity index (χ2n) is 7.35. The fourth-order valence-electron chi connectivity index (χ4n) is 3.47. The number of nitrogens with zero attached hydrogens (tertiary/aromatic N) is 1. The Morgan fingerprint density at radius 1 is 1.06 bits per heavy atom. The first-order valence-electron chi connectivity index (χ1n) is 9.97. The third kappa shape index (κ3) is 4.86. The van der Waals surface area contributed by atoms with Crippen molar-refractivity contribution >= 4 is 34.3 Å². The van der Waals surface area contributed by atoms with Crippen LogP contribution in [0.15, 0.2) is 54.7 Å². The molecule has 0 aliphatic carbocycles. The van der Waals surface area contributed by atoms with Gasteiger partial charge in [0.1, 0.15) is 23.1 Å². The molecule has 0 aliphatic heterocycles. The fourth-order valence-corrected chi connectivity index (χ4v) is 3.47. The lowest BCUT2D eigenvalue weighted by Gasteiger charge is -2.11. The number of H-pyrrole nitrogens is 1. The van der Waals surface area contributed by atoms with Crippen LogP contribution in [0.4, 0.5) is 33.9 Å². The molecule has 2 heterocycles. The molecular formula is C23H17F4N5O3. The van der Waals surface area contributed by atoms with Gasteiger partial charge in [0, 0.05) is 28.8 Å². The van der Waals surface area contributed by atoms with Crippen molar-refractivity contribution in [2.45, 2.75) is 6.18 Å². The zero-order valence-electron chi connectivity index (χ0n) is 18.0. The lowest BCUT2D eigenvalue weighted by molar-refractivity contribution is -0.137. The number of alkyl halides is 3. The molecule has 0 atom stereocenters. The van der Waals surface area contributed by atoms with Gasteiger partial charge in [0.15, 0.2) is 0 Å². The molecule has 0 saturated carbocycles. The number of benzene rings is 2. The number of ether oxygens (including phenoxy) is 1. The van der Waals surface area contributed by atoms with Crippen molar-refractivity contribution in [1.82, 2.24) is 9.97 Å². The lowest BCUT2D eigenvalue weighted by Crippen LogP contribution is -2.21. The third-order valence-corrected chi connectivity index (χ3v) is 5.09. The van der Waals surface area contributed by atoms with Crippen molar-refractivity contribution in [2.75, 3.05) is 17.7 Å². The van der Waals surface area contributed by atoms with Crippen molar-refractivity contribution in [3.8, 4) is 16.9 Å². The van der Waals surface area contributed by atoms with Crippen molar-refractivity contribution in [2.24, 2.45) is 5.73 Å². The maximum Gasteiger partial charge on any atom is 0.416 e. The molecule has 2 aromatic heterocycles. The first-order valence-corrected chi connectivity index (χ1v) is 9.97. The number of urea groups is 1. The lowest BCUT2D eigenvalue weighted by atomic mass is 10.0. The van der Waals surface area contributed by atoms with Gasteiger partial charge in [-0.3, -0.25) is 10.1 Å². The van der Waals surface area contributed by atoms with Crippen LogP contribution < -0.4 is 21.1 Å². The van der Waals surface area contributed by atoms with Crippen molar-refractivity contribution in [3.63, 3.8) is 0 Å². The van der Waals surface area contributed by atoms with E-state index in [1.807, 2.05) is 5.32 Å². The molecule has 35 heavy (non-hydrogen) atoms. The number of hydrogen-bond donors (Lipinski definition) is 4. The molecule has 4 aromatic rings. The second kappa shape index (κ2) is 8.97. The van der Waals surface area contributed by atoms with Gasteiger partial charge < -0.3 is 20.8 Å². The van der Waals surface area contributed by atoms with Gasteiger partial charge >= 0.3 is 12.2 Å². The van der Waals surface area contributed by atoms with E-state index in [1.54, 1.807) is 24.3 Å².